The number of ether oxygens (including phenoxy) is 2. The second-order valence-corrected chi connectivity index (χ2v) is 6.23. The Balaban J connectivity index is 1.60. The minimum absolute atomic E-state index is 0.101. The number of aryl methyl sites for hydroxylation is 1. The van der Waals surface area contributed by atoms with Crippen molar-refractivity contribution in [2.45, 2.75) is 32.2 Å². The zero-order chi connectivity index (χ0) is 14.9. The van der Waals surface area contributed by atoms with Gasteiger partial charge in [0.25, 0.3) is 0 Å². The Bertz CT molecular complexity index is 621. The van der Waals surface area contributed by atoms with Gasteiger partial charge in [0.2, 0.25) is 0 Å². The SMILES string of the molecule is Cn1nc(COCC2CNCC(C)(C)O2)c2ccccc21. The first-order chi connectivity index (χ1) is 10.1. The van der Waals surface area contributed by atoms with Crippen molar-refractivity contribution in [2.75, 3.05) is 19.7 Å². The van der Waals surface area contributed by atoms with Gasteiger partial charge in [-0.2, -0.15) is 5.10 Å². The molecule has 5 heteroatoms. The van der Waals surface area contributed by atoms with Crippen LogP contribution in [-0.4, -0.2) is 41.2 Å². The molecule has 1 aromatic heterocycles. The molecular formula is C16H23N3O2. The third-order valence-electron chi connectivity index (χ3n) is 3.79. The first-order valence-electron chi connectivity index (χ1n) is 7.42. The van der Waals surface area contributed by atoms with Gasteiger partial charge >= 0.3 is 0 Å². The number of aromatic nitrogens is 2. The Hall–Kier alpha value is -1.43. The van der Waals surface area contributed by atoms with Crippen molar-refractivity contribution in [2.24, 2.45) is 7.05 Å². The van der Waals surface area contributed by atoms with Gasteiger partial charge in [0.1, 0.15) is 0 Å². The van der Waals surface area contributed by atoms with E-state index in [9.17, 15) is 0 Å². The van der Waals surface area contributed by atoms with Crippen molar-refractivity contribution in [1.29, 1.82) is 0 Å². The Kier molecular flexibility index (Phi) is 3.97. The zero-order valence-corrected chi connectivity index (χ0v) is 12.9. The molecule has 1 unspecified atom stereocenters. The Morgan fingerprint density at radius 3 is 3.05 bits per heavy atom. The number of benzene rings is 1. The average Bonchev–Trinajstić information content (AvgIpc) is 2.75. The van der Waals surface area contributed by atoms with E-state index in [1.54, 1.807) is 0 Å². The van der Waals surface area contributed by atoms with Crippen LogP contribution in [0.15, 0.2) is 24.3 Å². The predicted octanol–water partition coefficient (Wildman–Crippen LogP) is 1.86. The van der Waals surface area contributed by atoms with Gasteiger partial charge in [-0.3, -0.25) is 4.68 Å². The highest BCUT2D eigenvalue weighted by Gasteiger charge is 2.28. The standard InChI is InChI=1S/C16H23N3O2/c1-16(2)11-17-8-12(21-16)9-20-10-14-13-6-4-5-7-15(13)19(3)18-14/h4-7,12,17H,8-11H2,1-3H3. The molecule has 0 saturated carbocycles. The van der Waals surface area contributed by atoms with Crippen molar-refractivity contribution in [3.63, 3.8) is 0 Å². The quantitative estimate of drug-likeness (QED) is 0.933. The van der Waals surface area contributed by atoms with E-state index in [1.165, 1.54) is 0 Å². The Labute approximate surface area is 125 Å². The molecule has 2 heterocycles. The van der Waals surface area contributed by atoms with Gasteiger partial charge < -0.3 is 14.8 Å². The first-order valence-corrected chi connectivity index (χ1v) is 7.42. The number of fused-ring (bicyclic) bond motifs is 1. The van der Waals surface area contributed by atoms with Crippen LogP contribution in [0.1, 0.15) is 19.5 Å². The van der Waals surface area contributed by atoms with E-state index in [0.29, 0.717) is 13.2 Å². The van der Waals surface area contributed by atoms with Crippen molar-refractivity contribution in [3.05, 3.63) is 30.0 Å². The molecule has 0 spiro atoms. The molecule has 0 radical (unpaired) electrons. The number of nitrogens with zero attached hydrogens (tertiary/aromatic N) is 2. The zero-order valence-electron chi connectivity index (χ0n) is 12.9. The molecule has 0 amide bonds. The average molecular weight is 289 g/mol. The van der Waals surface area contributed by atoms with Crippen LogP contribution in [-0.2, 0) is 23.1 Å². The topological polar surface area (TPSA) is 48.3 Å². The van der Waals surface area contributed by atoms with E-state index in [0.717, 1.165) is 29.7 Å². The summed E-state index contributed by atoms with van der Waals surface area (Å²) in [5, 5.41) is 9.07. The van der Waals surface area contributed by atoms with Crippen molar-refractivity contribution in [1.82, 2.24) is 15.1 Å². The fourth-order valence-electron chi connectivity index (χ4n) is 2.84. The molecule has 1 N–H and O–H groups in total. The van der Waals surface area contributed by atoms with Crippen LogP contribution in [0.25, 0.3) is 10.9 Å². The summed E-state index contributed by atoms with van der Waals surface area (Å²) in [5.41, 5.74) is 1.99. The van der Waals surface area contributed by atoms with Crippen molar-refractivity contribution in [3.8, 4) is 0 Å². The minimum Gasteiger partial charge on any atom is -0.372 e. The molecule has 1 saturated heterocycles. The second-order valence-electron chi connectivity index (χ2n) is 6.23. The predicted molar refractivity (Wildman–Crippen MR) is 82.2 cm³/mol. The van der Waals surface area contributed by atoms with Gasteiger partial charge in [-0.05, 0) is 19.9 Å². The molecule has 2 aromatic rings. The van der Waals surface area contributed by atoms with Gasteiger partial charge in [0.15, 0.2) is 0 Å². The summed E-state index contributed by atoms with van der Waals surface area (Å²) in [7, 11) is 1.96. The number of para-hydroxylation sites is 1. The minimum atomic E-state index is -0.121. The normalized spacial score (nSPS) is 21.8. The van der Waals surface area contributed by atoms with Crippen LogP contribution in [0, 0.1) is 0 Å². The molecule has 0 aliphatic carbocycles. The highest BCUT2D eigenvalue weighted by Crippen LogP contribution is 2.19. The lowest BCUT2D eigenvalue weighted by atomic mass is 10.1. The molecule has 21 heavy (non-hydrogen) atoms. The summed E-state index contributed by atoms with van der Waals surface area (Å²) >= 11 is 0. The largest absolute Gasteiger partial charge is 0.372 e. The van der Waals surface area contributed by atoms with E-state index in [2.05, 4.69) is 36.4 Å². The van der Waals surface area contributed by atoms with E-state index in [1.807, 2.05) is 23.9 Å². The molecule has 1 aromatic carbocycles. The lowest BCUT2D eigenvalue weighted by molar-refractivity contribution is -0.122. The third kappa shape index (κ3) is 3.26. The van der Waals surface area contributed by atoms with Crippen LogP contribution in [0.3, 0.4) is 0 Å². The summed E-state index contributed by atoms with van der Waals surface area (Å²) in [6.07, 6.45) is 0.101. The molecule has 5 nitrogen and oxygen atoms in total. The summed E-state index contributed by atoms with van der Waals surface area (Å²) in [6, 6.07) is 8.22. The third-order valence-corrected chi connectivity index (χ3v) is 3.79. The maximum absolute atomic E-state index is 5.99. The van der Waals surface area contributed by atoms with Gasteiger partial charge in [-0.1, -0.05) is 18.2 Å². The van der Waals surface area contributed by atoms with Gasteiger partial charge in [-0.15, -0.1) is 0 Å². The van der Waals surface area contributed by atoms with E-state index < -0.39 is 0 Å². The van der Waals surface area contributed by atoms with Crippen LogP contribution < -0.4 is 5.32 Å². The van der Waals surface area contributed by atoms with Crippen molar-refractivity contribution >= 4 is 10.9 Å². The lowest BCUT2D eigenvalue weighted by Crippen LogP contribution is -2.51. The second kappa shape index (κ2) is 5.75. The van der Waals surface area contributed by atoms with Gasteiger partial charge in [0.05, 0.1) is 36.1 Å². The lowest BCUT2D eigenvalue weighted by Gasteiger charge is -2.36. The Morgan fingerprint density at radius 1 is 1.43 bits per heavy atom. The molecule has 1 aliphatic rings. The molecule has 1 fully saturated rings. The number of rotatable bonds is 4. The molecule has 114 valence electrons. The van der Waals surface area contributed by atoms with Crippen molar-refractivity contribution < 1.29 is 9.47 Å². The van der Waals surface area contributed by atoms with E-state index in [-0.39, 0.29) is 11.7 Å². The number of hydrogen-bond donors (Lipinski definition) is 1. The van der Waals surface area contributed by atoms with Crippen LogP contribution >= 0.6 is 0 Å². The van der Waals surface area contributed by atoms with E-state index >= 15 is 0 Å². The summed E-state index contributed by atoms with van der Waals surface area (Å²) in [5.74, 6) is 0. The monoisotopic (exact) mass is 289 g/mol. The molecule has 0 bridgehead atoms. The molecule has 1 atom stereocenters. The Morgan fingerprint density at radius 2 is 2.24 bits per heavy atom. The molecule has 3 rings (SSSR count). The summed E-state index contributed by atoms with van der Waals surface area (Å²) < 4.78 is 13.7. The fraction of sp³-hybridized carbons (Fsp3) is 0.562. The van der Waals surface area contributed by atoms with Crippen LogP contribution in [0.4, 0.5) is 0 Å². The van der Waals surface area contributed by atoms with Gasteiger partial charge in [0, 0.05) is 25.5 Å². The highest BCUT2D eigenvalue weighted by molar-refractivity contribution is 5.81. The maximum atomic E-state index is 5.99. The van der Waals surface area contributed by atoms with Crippen LogP contribution in [0.2, 0.25) is 0 Å². The summed E-state index contributed by atoms with van der Waals surface area (Å²) in [4.78, 5) is 0. The number of morpholine rings is 1. The molecule has 1 aliphatic heterocycles. The fourth-order valence-corrected chi connectivity index (χ4v) is 2.84. The number of nitrogens with one attached hydrogen (secondary N) is 1. The van der Waals surface area contributed by atoms with Gasteiger partial charge in [-0.25, -0.2) is 0 Å². The maximum Gasteiger partial charge on any atom is 0.0960 e. The first kappa shape index (κ1) is 14.5. The summed E-state index contributed by atoms with van der Waals surface area (Å²) in [6.45, 7) is 7.01. The van der Waals surface area contributed by atoms with E-state index in [4.69, 9.17) is 9.47 Å². The smallest absolute Gasteiger partial charge is 0.0960 e. The number of hydrogen-bond acceptors (Lipinski definition) is 4. The highest BCUT2D eigenvalue weighted by atomic mass is 16.5. The van der Waals surface area contributed by atoms with Crippen LogP contribution in [0.5, 0.6) is 0 Å². The molecular weight excluding hydrogens is 266 g/mol.